The molecule has 220 valence electrons. The number of nitrogens with zero attached hydrogens (tertiary/aromatic N) is 2. The number of rotatable bonds is 13. The van der Waals surface area contributed by atoms with E-state index in [2.05, 4.69) is 5.32 Å². The number of likely N-dealkylation sites (N-methyl/N-ethyl adjacent to an activating group) is 1. The molecule has 0 aliphatic rings. The molecule has 3 aromatic carbocycles. The molecule has 10 nitrogen and oxygen atoms in total. The summed E-state index contributed by atoms with van der Waals surface area (Å²) in [5.74, 6) is 0.0694. The Bertz CT molecular complexity index is 1470. The van der Waals surface area contributed by atoms with Crippen LogP contribution in [0.25, 0.3) is 0 Å². The van der Waals surface area contributed by atoms with Crippen LogP contribution in [0, 0.1) is 0 Å². The molecule has 0 spiro atoms. The predicted octanol–water partition coefficient (Wildman–Crippen LogP) is 4.11. The van der Waals surface area contributed by atoms with Gasteiger partial charge in [0, 0.05) is 24.7 Å². The van der Waals surface area contributed by atoms with Gasteiger partial charge in [-0.15, -0.1) is 0 Å². The van der Waals surface area contributed by atoms with Gasteiger partial charge in [0.25, 0.3) is 10.0 Å². The van der Waals surface area contributed by atoms with Gasteiger partial charge in [0.15, 0.2) is 11.5 Å². The van der Waals surface area contributed by atoms with Crippen molar-refractivity contribution < 1.29 is 32.2 Å². The number of carbonyl (C=O) groups excluding carboxylic acids is 2. The third kappa shape index (κ3) is 7.42. The van der Waals surface area contributed by atoms with E-state index in [1.54, 1.807) is 55.5 Å². The first kappa shape index (κ1) is 31.6. The molecule has 0 saturated heterocycles. The van der Waals surface area contributed by atoms with E-state index in [1.165, 1.54) is 44.4 Å². The average molecular weight is 604 g/mol. The maximum Gasteiger partial charge on any atom is 0.264 e. The highest BCUT2D eigenvalue weighted by atomic mass is 35.5. The Hall–Kier alpha value is -3.96. The van der Waals surface area contributed by atoms with Crippen LogP contribution in [0.5, 0.6) is 17.2 Å². The van der Waals surface area contributed by atoms with Gasteiger partial charge < -0.3 is 24.4 Å². The smallest absolute Gasteiger partial charge is 0.264 e. The van der Waals surface area contributed by atoms with E-state index in [4.69, 9.17) is 25.8 Å². The van der Waals surface area contributed by atoms with Gasteiger partial charge in [0.05, 0.1) is 31.4 Å². The summed E-state index contributed by atoms with van der Waals surface area (Å²) in [6.45, 7) is 3.22. The van der Waals surface area contributed by atoms with Gasteiger partial charge in [-0.3, -0.25) is 13.9 Å². The van der Waals surface area contributed by atoms with Crippen LogP contribution in [0.1, 0.15) is 19.4 Å². The van der Waals surface area contributed by atoms with E-state index in [-0.39, 0.29) is 22.9 Å². The Morgan fingerprint density at radius 1 is 0.976 bits per heavy atom. The van der Waals surface area contributed by atoms with E-state index in [1.807, 2.05) is 6.92 Å². The molecule has 0 radical (unpaired) electrons. The number of anilines is 1. The van der Waals surface area contributed by atoms with E-state index in [0.717, 1.165) is 4.31 Å². The highest BCUT2D eigenvalue weighted by molar-refractivity contribution is 7.92. The number of methoxy groups -OCH3 is 2. The molecule has 0 heterocycles. The van der Waals surface area contributed by atoms with Gasteiger partial charge in [-0.2, -0.15) is 0 Å². The molecule has 1 atom stereocenters. The molecule has 3 aromatic rings. The minimum Gasteiger partial charge on any atom is -0.494 e. The summed E-state index contributed by atoms with van der Waals surface area (Å²) in [7, 11) is -0.0119. The fraction of sp³-hybridized carbons (Fsp3) is 0.310. The van der Waals surface area contributed by atoms with Crippen molar-refractivity contribution in [3.8, 4) is 17.2 Å². The summed E-state index contributed by atoms with van der Waals surface area (Å²) in [5, 5.41) is 2.96. The number of ether oxygens (including phenoxy) is 3. The number of sulfonamides is 1. The Labute approximate surface area is 245 Å². The lowest BCUT2D eigenvalue weighted by molar-refractivity contribution is -0.139. The van der Waals surface area contributed by atoms with Crippen molar-refractivity contribution in [3.63, 3.8) is 0 Å². The topological polar surface area (TPSA) is 114 Å². The van der Waals surface area contributed by atoms with Crippen molar-refractivity contribution in [1.29, 1.82) is 0 Å². The van der Waals surface area contributed by atoms with Crippen LogP contribution in [-0.2, 0) is 26.2 Å². The summed E-state index contributed by atoms with van der Waals surface area (Å²) in [6, 6.07) is 16.5. The number of amides is 2. The van der Waals surface area contributed by atoms with Gasteiger partial charge in [0.1, 0.15) is 18.3 Å². The van der Waals surface area contributed by atoms with Crippen molar-refractivity contribution >= 4 is 39.1 Å². The number of halogens is 1. The molecule has 0 aliphatic carbocycles. The molecule has 0 saturated carbocycles. The first-order chi connectivity index (χ1) is 19.6. The molecule has 1 N–H and O–H groups in total. The molecule has 12 heteroatoms. The van der Waals surface area contributed by atoms with Gasteiger partial charge in [-0.25, -0.2) is 8.42 Å². The second-order valence-corrected chi connectivity index (χ2v) is 11.1. The molecular formula is C29H34ClN3O7S. The summed E-state index contributed by atoms with van der Waals surface area (Å²) >= 11 is 6.36. The summed E-state index contributed by atoms with van der Waals surface area (Å²) < 4.78 is 45.2. The Morgan fingerprint density at radius 3 is 2.22 bits per heavy atom. The lowest BCUT2D eigenvalue weighted by Gasteiger charge is -2.32. The standard InChI is InChI=1S/C29H34ClN3O7S/c1-6-40-23-13-11-22(12-14-23)33(41(36,37)24-15-16-26(38-4)27(17-24)39-5)19-28(34)32(20(2)29(35)31-3)18-21-9-7-8-10-25(21)30/h7-17,20H,6,18-19H2,1-5H3,(H,31,35)/t20-/m0/s1. The maximum atomic E-state index is 14.1. The fourth-order valence-corrected chi connectivity index (χ4v) is 5.74. The fourth-order valence-electron chi connectivity index (χ4n) is 4.11. The summed E-state index contributed by atoms with van der Waals surface area (Å²) in [5.41, 5.74) is 0.829. The SMILES string of the molecule is CCOc1ccc(N(CC(=O)N(Cc2ccccc2Cl)[C@@H](C)C(=O)NC)S(=O)(=O)c2ccc(OC)c(OC)c2)cc1. The van der Waals surface area contributed by atoms with Crippen LogP contribution in [-0.4, -0.2) is 65.6 Å². The Kier molecular flexibility index (Phi) is 10.8. The second-order valence-electron chi connectivity index (χ2n) is 8.86. The van der Waals surface area contributed by atoms with Crippen LogP contribution in [0.2, 0.25) is 5.02 Å². The maximum absolute atomic E-state index is 14.1. The average Bonchev–Trinajstić information content (AvgIpc) is 2.98. The van der Waals surface area contributed by atoms with Gasteiger partial charge in [-0.1, -0.05) is 29.8 Å². The van der Waals surface area contributed by atoms with Gasteiger partial charge in [0.2, 0.25) is 11.8 Å². The normalized spacial score (nSPS) is 11.8. The second kappa shape index (κ2) is 14.1. The molecule has 3 rings (SSSR count). The first-order valence-corrected chi connectivity index (χ1v) is 14.6. The number of benzene rings is 3. The molecule has 0 aromatic heterocycles. The van der Waals surface area contributed by atoms with Crippen molar-refractivity contribution in [2.75, 3.05) is 38.7 Å². The molecule has 0 unspecified atom stereocenters. The largest absolute Gasteiger partial charge is 0.494 e. The summed E-state index contributed by atoms with van der Waals surface area (Å²) in [4.78, 5) is 27.7. The van der Waals surface area contributed by atoms with Crippen molar-refractivity contribution in [2.24, 2.45) is 0 Å². The van der Waals surface area contributed by atoms with Crippen LogP contribution in [0.15, 0.2) is 71.6 Å². The number of carbonyl (C=O) groups is 2. The van der Waals surface area contributed by atoms with Crippen LogP contribution in [0.4, 0.5) is 5.69 Å². The third-order valence-corrected chi connectivity index (χ3v) is 8.51. The lowest BCUT2D eigenvalue weighted by atomic mass is 10.1. The van der Waals surface area contributed by atoms with Crippen LogP contribution < -0.4 is 23.8 Å². The highest BCUT2D eigenvalue weighted by Crippen LogP contribution is 2.33. The molecular weight excluding hydrogens is 570 g/mol. The molecule has 0 bridgehead atoms. The van der Waals surface area contributed by atoms with Crippen molar-refractivity contribution in [1.82, 2.24) is 10.2 Å². The first-order valence-electron chi connectivity index (χ1n) is 12.8. The van der Waals surface area contributed by atoms with Crippen molar-refractivity contribution in [2.45, 2.75) is 31.3 Å². The van der Waals surface area contributed by atoms with E-state index < -0.39 is 34.4 Å². The zero-order valence-electron chi connectivity index (χ0n) is 23.6. The van der Waals surface area contributed by atoms with E-state index >= 15 is 0 Å². The number of hydrogen-bond donors (Lipinski definition) is 1. The predicted molar refractivity (Wildman–Crippen MR) is 157 cm³/mol. The van der Waals surface area contributed by atoms with Crippen LogP contribution >= 0.6 is 11.6 Å². The minimum atomic E-state index is -4.32. The quantitative estimate of drug-likeness (QED) is 0.313. The van der Waals surface area contributed by atoms with E-state index in [9.17, 15) is 18.0 Å². The number of hydrogen-bond acceptors (Lipinski definition) is 7. The zero-order valence-corrected chi connectivity index (χ0v) is 25.2. The molecule has 41 heavy (non-hydrogen) atoms. The van der Waals surface area contributed by atoms with Crippen LogP contribution in [0.3, 0.4) is 0 Å². The van der Waals surface area contributed by atoms with Crippen molar-refractivity contribution in [3.05, 3.63) is 77.3 Å². The van der Waals surface area contributed by atoms with Gasteiger partial charge in [-0.05, 0) is 61.9 Å². The Morgan fingerprint density at radius 2 is 1.63 bits per heavy atom. The monoisotopic (exact) mass is 603 g/mol. The molecule has 0 aliphatic heterocycles. The van der Waals surface area contributed by atoms with Gasteiger partial charge >= 0.3 is 0 Å². The van der Waals surface area contributed by atoms with E-state index in [0.29, 0.717) is 28.7 Å². The highest BCUT2D eigenvalue weighted by Gasteiger charge is 2.33. The lowest BCUT2D eigenvalue weighted by Crippen LogP contribution is -2.50. The Balaban J connectivity index is 2.09. The summed E-state index contributed by atoms with van der Waals surface area (Å²) in [6.07, 6.45) is 0. The molecule has 0 fully saturated rings. The minimum absolute atomic E-state index is 0.0133. The number of nitrogens with one attached hydrogen (secondary N) is 1. The third-order valence-electron chi connectivity index (χ3n) is 6.37. The zero-order chi connectivity index (χ0) is 30.2. The molecule has 2 amide bonds.